The zero-order valence-corrected chi connectivity index (χ0v) is 8.85. The predicted octanol–water partition coefficient (Wildman–Crippen LogP) is 1.75. The van der Waals surface area contributed by atoms with E-state index in [0.717, 1.165) is 13.0 Å². The molecule has 0 unspecified atom stereocenters. The van der Waals surface area contributed by atoms with E-state index in [-0.39, 0.29) is 0 Å². The molecule has 0 aromatic carbocycles. The fraction of sp³-hybridized carbons (Fsp3) is 0.364. The van der Waals surface area contributed by atoms with Crippen molar-refractivity contribution in [2.45, 2.75) is 13.3 Å². The molecule has 0 radical (unpaired) electrons. The maximum absolute atomic E-state index is 8.72. The minimum atomic E-state index is 0.394. The minimum Gasteiger partial charge on any atom is -0.337 e. The lowest BCUT2D eigenvalue weighted by Crippen LogP contribution is -2.26. The summed E-state index contributed by atoms with van der Waals surface area (Å²) in [5.41, 5.74) is 0.394. The Morgan fingerprint density at radius 3 is 3.07 bits per heavy atom. The molecular formula is C11H14N4. The van der Waals surface area contributed by atoms with Gasteiger partial charge in [-0.25, -0.2) is 9.97 Å². The van der Waals surface area contributed by atoms with Crippen LogP contribution in [0.25, 0.3) is 0 Å². The van der Waals surface area contributed by atoms with Crippen LogP contribution in [0.2, 0.25) is 0 Å². The van der Waals surface area contributed by atoms with E-state index in [9.17, 15) is 0 Å². The van der Waals surface area contributed by atoms with Crippen LogP contribution in [0.3, 0.4) is 0 Å². The molecule has 0 spiro atoms. The van der Waals surface area contributed by atoms with E-state index >= 15 is 0 Å². The Labute approximate surface area is 89.9 Å². The van der Waals surface area contributed by atoms with E-state index in [0.29, 0.717) is 18.2 Å². The third-order valence-corrected chi connectivity index (χ3v) is 1.88. The van der Waals surface area contributed by atoms with Crippen molar-refractivity contribution in [1.29, 1.82) is 5.26 Å². The lowest BCUT2D eigenvalue weighted by molar-refractivity contribution is 0.783. The third kappa shape index (κ3) is 3.06. The highest BCUT2D eigenvalue weighted by Gasteiger charge is 2.06. The van der Waals surface area contributed by atoms with Gasteiger partial charge in [-0.15, -0.1) is 6.58 Å². The van der Waals surface area contributed by atoms with E-state index in [1.807, 2.05) is 11.0 Å². The predicted molar refractivity (Wildman–Crippen MR) is 59.4 cm³/mol. The molecule has 0 aliphatic rings. The van der Waals surface area contributed by atoms with Crippen LogP contribution in [-0.4, -0.2) is 23.1 Å². The maximum atomic E-state index is 8.72. The van der Waals surface area contributed by atoms with Gasteiger partial charge in [0.1, 0.15) is 11.8 Å². The van der Waals surface area contributed by atoms with Crippen molar-refractivity contribution in [3.8, 4) is 6.07 Å². The number of hydrogen-bond donors (Lipinski definition) is 0. The van der Waals surface area contributed by atoms with Crippen LogP contribution in [-0.2, 0) is 0 Å². The fourth-order valence-corrected chi connectivity index (χ4v) is 1.26. The molecule has 1 aromatic heterocycles. The average molecular weight is 202 g/mol. The Hall–Kier alpha value is -1.89. The lowest BCUT2D eigenvalue weighted by atomic mass is 10.4. The summed E-state index contributed by atoms with van der Waals surface area (Å²) < 4.78 is 0. The number of nitrogens with zero attached hydrogens (tertiary/aromatic N) is 4. The molecule has 1 aromatic rings. The number of aromatic nitrogens is 2. The lowest BCUT2D eigenvalue weighted by Gasteiger charge is -2.19. The van der Waals surface area contributed by atoms with Crippen molar-refractivity contribution < 1.29 is 0 Å². The van der Waals surface area contributed by atoms with E-state index in [2.05, 4.69) is 23.5 Å². The maximum Gasteiger partial charge on any atom is 0.226 e. The molecule has 0 aliphatic heterocycles. The van der Waals surface area contributed by atoms with Gasteiger partial charge < -0.3 is 4.90 Å². The van der Waals surface area contributed by atoms with Crippen LogP contribution in [0.1, 0.15) is 19.0 Å². The van der Waals surface area contributed by atoms with E-state index in [1.165, 1.54) is 0 Å². The molecule has 15 heavy (non-hydrogen) atoms. The summed E-state index contributed by atoms with van der Waals surface area (Å²) in [6.07, 6.45) is 4.42. The molecule has 78 valence electrons. The molecule has 0 amide bonds. The van der Waals surface area contributed by atoms with Gasteiger partial charge in [0.15, 0.2) is 0 Å². The average Bonchev–Trinajstić information content (AvgIpc) is 2.29. The molecule has 1 heterocycles. The van der Waals surface area contributed by atoms with Gasteiger partial charge in [0.2, 0.25) is 5.95 Å². The molecule has 0 aliphatic carbocycles. The first-order valence-corrected chi connectivity index (χ1v) is 4.90. The molecule has 0 atom stereocenters. The van der Waals surface area contributed by atoms with Crippen LogP contribution in [0.5, 0.6) is 0 Å². The minimum absolute atomic E-state index is 0.394. The van der Waals surface area contributed by atoms with Gasteiger partial charge in [-0.3, -0.25) is 0 Å². The number of nitriles is 1. The largest absolute Gasteiger partial charge is 0.337 e. The molecule has 0 bridgehead atoms. The summed E-state index contributed by atoms with van der Waals surface area (Å²) in [4.78, 5) is 10.3. The monoisotopic (exact) mass is 202 g/mol. The molecule has 1 rings (SSSR count). The third-order valence-electron chi connectivity index (χ3n) is 1.88. The fourth-order valence-electron chi connectivity index (χ4n) is 1.26. The van der Waals surface area contributed by atoms with Gasteiger partial charge in [-0.05, 0) is 12.5 Å². The second-order valence-corrected chi connectivity index (χ2v) is 3.09. The van der Waals surface area contributed by atoms with Crippen LogP contribution < -0.4 is 4.90 Å². The zero-order valence-electron chi connectivity index (χ0n) is 8.85. The topological polar surface area (TPSA) is 52.8 Å². The first kappa shape index (κ1) is 11.2. The van der Waals surface area contributed by atoms with Crippen molar-refractivity contribution in [3.05, 3.63) is 30.6 Å². The van der Waals surface area contributed by atoms with Crippen molar-refractivity contribution >= 4 is 5.95 Å². The molecule has 4 nitrogen and oxygen atoms in total. The Morgan fingerprint density at radius 2 is 2.47 bits per heavy atom. The molecule has 4 heteroatoms. The number of rotatable bonds is 5. The quantitative estimate of drug-likeness (QED) is 0.682. The normalized spacial score (nSPS) is 9.33. The van der Waals surface area contributed by atoms with Crippen molar-refractivity contribution in [2.24, 2.45) is 0 Å². The summed E-state index contributed by atoms with van der Waals surface area (Å²) in [5.74, 6) is 0.593. The van der Waals surface area contributed by atoms with Crippen LogP contribution >= 0.6 is 0 Å². The van der Waals surface area contributed by atoms with Crippen molar-refractivity contribution in [3.63, 3.8) is 0 Å². The van der Waals surface area contributed by atoms with Gasteiger partial charge in [0.25, 0.3) is 0 Å². The van der Waals surface area contributed by atoms with Gasteiger partial charge in [0.05, 0.1) is 0 Å². The Kier molecular flexibility index (Phi) is 4.30. The molecular weight excluding hydrogens is 188 g/mol. The SMILES string of the molecule is C=CCN(CCC)c1nccc(C#N)n1. The summed E-state index contributed by atoms with van der Waals surface area (Å²) >= 11 is 0. The van der Waals surface area contributed by atoms with E-state index in [1.54, 1.807) is 18.3 Å². The van der Waals surface area contributed by atoms with Crippen molar-refractivity contribution in [1.82, 2.24) is 9.97 Å². The molecule has 0 saturated heterocycles. The standard InChI is InChI=1S/C11H14N4/c1-3-7-15(8-4-2)11-13-6-5-10(9-12)14-11/h3,5-6H,1,4,7-8H2,2H3. The number of hydrogen-bond acceptors (Lipinski definition) is 4. The molecule has 0 N–H and O–H groups in total. The van der Waals surface area contributed by atoms with Crippen LogP contribution in [0, 0.1) is 11.3 Å². The van der Waals surface area contributed by atoms with Gasteiger partial charge in [-0.1, -0.05) is 13.0 Å². The summed E-state index contributed by atoms with van der Waals surface area (Å²) in [5, 5.41) is 8.72. The van der Waals surface area contributed by atoms with E-state index < -0.39 is 0 Å². The second kappa shape index (κ2) is 5.76. The first-order valence-electron chi connectivity index (χ1n) is 4.90. The summed E-state index contributed by atoms with van der Waals surface area (Å²) in [6, 6.07) is 3.60. The van der Waals surface area contributed by atoms with Gasteiger partial charge >= 0.3 is 0 Å². The first-order chi connectivity index (χ1) is 7.31. The van der Waals surface area contributed by atoms with Crippen LogP contribution in [0.4, 0.5) is 5.95 Å². The smallest absolute Gasteiger partial charge is 0.226 e. The Morgan fingerprint density at radius 1 is 1.67 bits per heavy atom. The summed E-state index contributed by atoms with van der Waals surface area (Å²) in [7, 11) is 0. The highest BCUT2D eigenvalue weighted by molar-refractivity contribution is 5.34. The summed E-state index contributed by atoms with van der Waals surface area (Å²) in [6.45, 7) is 7.34. The highest BCUT2D eigenvalue weighted by Crippen LogP contribution is 2.07. The highest BCUT2D eigenvalue weighted by atomic mass is 15.2. The Balaban J connectivity index is 2.89. The Bertz CT molecular complexity index is 367. The zero-order chi connectivity index (χ0) is 11.1. The molecule has 0 saturated carbocycles. The van der Waals surface area contributed by atoms with E-state index in [4.69, 9.17) is 5.26 Å². The van der Waals surface area contributed by atoms with Crippen molar-refractivity contribution in [2.75, 3.05) is 18.0 Å². The van der Waals surface area contributed by atoms with Crippen LogP contribution in [0.15, 0.2) is 24.9 Å². The van der Waals surface area contributed by atoms with Gasteiger partial charge in [0, 0.05) is 19.3 Å². The molecule has 0 fully saturated rings. The number of anilines is 1. The van der Waals surface area contributed by atoms with Gasteiger partial charge in [-0.2, -0.15) is 5.26 Å². The second-order valence-electron chi connectivity index (χ2n) is 3.09.